The first-order valence-corrected chi connectivity index (χ1v) is 7.82. The van der Waals surface area contributed by atoms with Crippen molar-refractivity contribution in [3.8, 4) is 0 Å². The number of hydrogen-bond acceptors (Lipinski definition) is 3. The lowest BCUT2D eigenvalue weighted by Gasteiger charge is -2.32. The van der Waals surface area contributed by atoms with Crippen LogP contribution in [0.2, 0.25) is 0 Å². The van der Waals surface area contributed by atoms with Crippen molar-refractivity contribution in [1.29, 1.82) is 0 Å². The summed E-state index contributed by atoms with van der Waals surface area (Å²) in [4.78, 5) is 18.8. The Morgan fingerprint density at radius 1 is 1.45 bits per heavy atom. The SMILES string of the molecule is Cc1nn(C)cc1C(=O)N1CCCC(Cc2cccnc2)C1. The highest BCUT2D eigenvalue weighted by atomic mass is 16.2. The van der Waals surface area contributed by atoms with Crippen molar-refractivity contribution < 1.29 is 4.79 Å². The van der Waals surface area contributed by atoms with Gasteiger partial charge in [-0.1, -0.05) is 6.07 Å². The molecule has 0 bridgehead atoms. The van der Waals surface area contributed by atoms with Crippen LogP contribution in [0.1, 0.15) is 34.5 Å². The van der Waals surface area contributed by atoms with Gasteiger partial charge in [-0.05, 0) is 43.7 Å². The molecule has 1 fully saturated rings. The zero-order valence-electron chi connectivity index (χ0n) is 13.2. The van der Waals surface area contributed by atoms with Crippen LogP contribution < -0.4 is 0 Å². The van der Waals surface area contributed by atoms with Crippen LogP contribution >= 0.6 is 0 Å². The third-order valence-corrected chi connectivity index (χ3v) is 4.30. The number of piperidine rings is 1. The van der Waals surface area contributed by atoms with E-state index in [0.717, 1.165) is 37.2 Å². The number of nitrogens with zero attached hydrogens (tertiary/aromatic N) is 4. The Morgan fingerprint density at radius 3 is 3.00 bits per heavy atom. The molecule has 2 aromatic rings. The number of likely N-dealkylation sites (tertiary alicyclic amines) is 1. The van der Waals surface area contributed by atoms with Crippen LogP contribution in [0.15, 0.2) is 30.7 Å². The molecule has 1 atom stereocenters. The first kappa shape index (κ1) is 14.8. The Hall–Kier alpha value is -2.17. The monoisotopic (exact) mass is 298 g/mol. The second-order valence-electron chi connectivity index (χ2n) is 6.13. The maximum absolute atomic E-state index is 12.7. The van der Waals surface area contributed by atoms with E-state index in [2.05, 4.69) is 16.1 Å². The first-order chi connectivity index (χ1) is 10.6. The van der Waals surface area contributed by atoms with Crippen LogP contribution in [0.4, 0.5) is 0 Å². The fourth-order valence-electron chi connectivity index (χ4n) is 3.25. The molecule has 3 rings (SSSR count). The molecule has 116 valence electrons. The molecule has 0 saturated carbocycles. The zero-order valence-corrected chi connectivity index (χ0v) is 13.2. The van der Waals surface area contributed by atoms with Crippen molar-refractivity contribution in [3.63, 3.8) is 0 Å². The van der Waals surface area contributed by atoms with E-state index in [1.807, 2.05) is 37.3 Å². The third kappa shape index (κ3) is 3.18. The number of hydrogen-bond donors (Lipinski definition) is 0. The summed E-state index contributed by atoms with van der Waals surface area (Å²) < 4.78 is 1.71. The van der Waals surface area contributed by atoms with E-state index in [4.69, 9.17) is 0 Å². The lowest BCUT2D eigenvalue weighted by molar-refractivity contribution is 0.0672. The van der Waals surface area contributed by atoms with Crippen molar-refractivity contribution in [3.05, 3.63) is 47.5 Å². The average molecular weight is 298 g/mol. The molecule has 5 nitrogen and oxygen atoms in total. The van der Waals surface area contributed by atoms with Crippen LogP contribution in [-0.2, 0) is 13.5 Å². The highest BCUT2D eigenvalue weighted by Crippen LogP contribution is 2.22. The van der Waals surface area contributed by atoms with Gasteiger partial charge in [0.05, 0.1) is 11.3 Å². The molecule has 3 heterocycles. The van der Waals surface area contributed by atoms with Gasteiger partial charge < -0.3 is 4.90 Å². The van der Waals surface area contributed by atoms with Crippen molar-refractivity contribution >= 4 is 5.91 Å². The summed E-state index contributed by atoms with van der Waals surface area (Å²) in [5.41, 5.74) is 2.78. The van der Waals surface area contributed by atoms with Gasteiger partial charge in [-0.2, -0.15) is 5.10 Å². The van der Waals surface area contributed by atoms with E-state index in [9.17, 15) is 4.79 Å². The minimum absolute atomic E-state index is 0.112. The molecular weight excluding hydrogens is 276 g/mol. The van der Waals surface area contributed by atoms with Gasteiger partial charge in [0.1, 0.15) is 0 Å². The van der Waals surface area contributed by atoms with Crippen molar-refractivity contribution in [1.82, 2.24) is 19.7 Å². The van der Waals surface area contributed by atoms with Crippen LogP contribution in [0.3, 0.4) is 0 Å². The number of pyridine rings is 1. The van der Waals surface area contributed by atoms with Gasteiger partial charge >= 0.3 is 0 Å². The minimum Gasteiger partial charge on any atom is -0.338 e. The summed E-state index contributed by atoms with van der Waals surface area (Å²) >= 11 is 0. The number of rotatable bonds is 3. The fourth-order valence-corrected chi connectivity index (χ4v) is 3.25. The molecule has 1 saturated heterocycles. The second kappa shape index (κ2) is 6.30. The van der Waals surface area contributed by atoms with E-state index in [1.54, 1.807) is 10.9 Å². The van der Waals surface area contributed by atoms with Gasteiger partial charge in [-0.3, -0.25) is 14.5 Å². The summed E-state index contributed by atoms with van der Waals surface area (Å²) in [5.74, 6) is 0.625. The second-order valence-corrected chi connectivity index (χ2v) is 6.13. The normalized spacial score (nSPS) is 18.5. The maximum atomic E-state index is 12.7. The Balaban J connectivity index is 1.68. The van der Waals surface area contributed by atoms with E-state index in [0.29, 0.717) is 5.92 Å². The summed E-state index contributed by atoms with van der Waals surface area (Å²) in [6, 6.07) is 4.08. The molecule has 2 aromatic heterocycles. The fraction of sp³-hybridized carbons (Fsp3) is 0.471. The summed E-state index contributed by atoms with van der Waals surface area (Å²) in [7, 11) is 1.85. The number of aromatic nitrogens is 3. The maximum Gasteiger partial charge on any atom is 0.257 e. The smallest absolute Gasteiger partial charge is 0.257 e. The molecule has 1 unspecified atom stereocenters. The lowest BCUT2D eigenvalue weighted by Crippen LogP contribution is -2.40. The number of aryl methyl sites for hydroxylation is 2. The van der Waals surface area contributed by atoms with E-state index in [1.165, 1.54) is 12.0 Å². The van der Waals surface area contributed by atoms with Crippen LogP contribution in [0.25, 0.3) is 0 Å². The predicted molar refractivity (Wildman–Crippen MR) is 84.5 cm³/mol. The molecule has 1 aliphatic heterocycles. The summed E-state index contributed by atoms with van der Waals surface area (Å²) in [5, 5.41) is 4.27. The summed E-state index contributed by atoms with van der Waals surface area (Å²) in [6.07, 6.45) is 8.77. The molecule has 5 heteroatoms. The lowest BCUT2D eigenvalue weighted by atomic mass is 9.91. The topological polar surface area (TPSA) is 51.0 Å². The largest absolute Gasteiger partial charge is 0.338 e. The molecular formula is C17H22N4O. The molecule has 0 radical (unpaired) electrons. The van der Waals surface area contributed by atoms with Crippen LogP contribution in [0.5, 0.6) is 0 Å². The molecule has 1 aliphatic rings. The van der Waals surface area contributed by atoms with E-state index >= 15 is 0 Å². The van der Waals surface area contributed by atoms with Gasteiger partial charge in [0.2, 0.25) is 0 Å². The van der Waals surface area contributed by atoms with E-state index < -0.39 is 0 Å². The van der Waals surface area contributed by atoms with Crippen molar-refractivity contribution in [2.24, 2.45) is 13.0 Å². The molecule has 1 amide bonds. The molecule has 22 heavy (non-hydrogen) atoms. The quantitative estimate of drug-likeness (QED) is 0.873. The van der Waals surface area contributed by atoms with Gasteiger partial charge in [-0.15, -0.1) is 0 Å². The third-order valence-electron chi connectivity index (χ3n) is 4.30. The highest BCUT2D eigenvalue weighted by Gasteiger charge is 2.26. The standard InChI is InChI=1S/C17H22N4O/c1-13-16(12-20(2)19-13)17(22)21-8-4-6-15(11-21)9-14-5-3-7-18-10-14/h3,5,7,10,12,15H,4,6,8-9,11H2,1-2H3. The highest BCUT2D eigenvalue weighted by molar-refractivity contribution is 5.95. The Labute approximate surface area is 131 Å². The molecule has 0 aliphatic carbocycles. The first-order valence-electron chi connectivity index (χ1n) is 7.82. The number of carbonyl (C=O) groups excluding carboxylic acids is 1. The zero-order chi connectivity index (χ0) is 15.5. The van der Waals surface area contributed by atoms with Crippen LogP contribution in [0, 0.1) is 12.8 Å². The van der Waals surface area contributed by atoms with Gasteiger partial charge in [0.25, 0.3) is 5.91 Å². The van der Waals surface area contributed by atoms with Crippen molar-refractivity contribution in [2.75, 3.05) is 13.1 Å². The van der Waals surface area contributed by atoms with Crippen molar-refractivity contribution in [2.45, 2.75) is 26.2 Å². The Kier molecular flexibility index (Phi) is 4.22. The minimum atomic E-state index is 0.112. The molecule has 0 N–H and O–H groups in total. The molecule has 0 spiro atoms. The van der Waals surface area contributed by atoms with E-state index in [-0.39, 0.29) is 5.91 Å². The predicted octanol–water partition coefficient (Wildman–Crippen LogP) is 2.22. The van der Waals surface area contributed by atoms with Gasteiger partial charge in [-0.25, -0.2) is 0 Å². The van der Waals surface area contributed by atoms with Gasteiger partial charge in [0, 0.05) is 38.7 Å². The number of amides is 1. The van der Waals surface area contributed by atoms with Crippen LogP contribution in [-0.4, -0.2) is 38.7 Å². The Morgan fingerprint density at radius 2 is 2.32 bits per heavy atom. The number of carbonyl (C=O) groups is 1. The molecule has 0 aromatic carbocycles. The average Bonchev–Trinajstić information content (AvgIpc) is 2.86. The summed E-state index contributed by atoms with van der Waals surface area (Å²) in [6.45, 7) is 3.56. The van der Waals surface area contributed by atoms with Gasteiger partial charge in [0.15, 0.2) is 0 Å². The Bertz CT molecular complexity index is 650.